The summed E-state index contributed by atoms with van der Waals surface area (Å²) in [6.45, 7) is -0.239. The maximum atomic E-state index is 12.4. The number of halogens is 2. The van der Waals surface area contributed by atoms with E-state index in [-0.39, 0.29) is 22.8 Å². The minimum absolute atomic E-state index is 0.0578. The first-order valence-corrected chi connectivity index (χ1v) is 7.79. The number of nitro benzene ring substituents is 1. The number of rotatable bonds is 5. The van der Waals surface area contributed by atoms with Crippen molar-refractivity contribution in [1.82, 2.24) is 4.90 Å². The number of carbonyl (C=O) groups excluding carboxylic acids is 2. The van der Waals surface area contributed by atoms with Crippen molar-refractivity contribution in [2.24, 2.45) is 0 Å². The van der Waals surface area contributed by atoms with Gasteiger partial charge in [0.2, 0.25) is 5.91 Å². The average molecular weight is 382 g/mol. The fourth-order valence-electron chi connectivity index (χ4n) is 2.04. The van der Waals surface area contributed by atoms with Crippen LogP contribution in [0.2, 0.25) is 10.0 Å². The lowest BCUT2D eigenvalue weighted by molar-refractivity contribution is -0.384. The molecule has 2 rings (SSSR count). The van der Waals surface area contributed by atoms with Crippen LogP contribution in [0.15, 0.2) is 42.5 Å². The molecular formula is C16H13Cl2N3O4. The highest BCUT2D eigenvalue weighted by atomic mass is 35.5. The van der Waals surface area contributed by atoms with Crippen LogP contribution in [0.1, 0.15) is 10.4 Å². The minimum Gasteiger partial charge on any atom is -0.332 e. The van der Waals surface area contributed by atoms with E-state index < -0.39 is 16.7 Å². The number of nitrogens with zero attached hydrogens (tertiary/aromatic N) is 2. The molecule has 130 valence electrons. The van der Waals surface area contributed by atoms with Gasteiger partial charge in [0.15, 0.2) is 0 Å². The van der Waals surface area contributed by atoms with Crippen LogP contribution < -0.4 is 5.32 Å². The Morgan fingerprint density at radius 1 is 1.16 bits per heavy atom. The molecule has 0 atom stereocenters. The molecule has 1 N–H and O–H groups in total. The highest BCUT2D eigenvalue weighted by molar-refractivity contribution is 6.34. The van der Waals surface area contributed by atoms with Gasteiger partial charge >= 0.3 is 0 Å². The van der Waals surface area contributed by atoms with Gasteiger partial charge in [-0.15, -0.1) is 0 Å². The summed E-state index contributed by atoms with van der Waals surface area (Å²) in [4.78, 5) is 35.7. The second kappa shape index (κ2) is 7.96. The molecule has 0 saturated carbocycles. The molecule has 9 heteroatoms. The number of carbonyl (C=O) groups is 2. The van der Waals surface area contributed by atoms with Crippen molar-refractivity contribution in [3.8, 4) is 0 Å². The SMILES string of the molecule is CN(CC(=O)Nc1ccccc1Cl)C(=O)c1ccc([N+](=O)[O-])cc1Cl. The number of likely N-dealkylation sites (N-methyl/N-ethyl adjacent to an activating group) is 1. The Morgan fingerprint density at radius 3 is 2.44 bits per heavy atom. The van der Waals surface area contributed by atoms with Crippen LogP contribution in [-0.4, -0.2) is 35.2 Å². The Balaban J connectivity index is 2.06. The topological polar surface area (TPSA) is 92.6 Å². The molecule has 0 aliphatic rings. The van der Waals surface area contributed by atoms with Crippen molar-refractivity contribution in [2.75, 3.05) is 18.9 Å². The standard InChI is InChI=1S/C16H13Cl2N3O4/c1-20(9-15(22)19-14-5-3-2-4-12(14)17)16(23)11-7-6-10(21(24)25)8-13(11)18/h2-8H,9H2,1H3,(H,19,22). The van der Waals surface area contributed by atoms with Crippen LogP contribution >= 0.6 is 23.2 Å². The number of benzene rings is 2. The summed E-state index contributed by atoms with van der Waals surface area (Å²) >= 11 is 11.9. The molecule has 0 bridgehead atoms. The number of non-ortho nitro benzene ring substituents is 1. The molecule has 0 saturated heterocycles. The van der Waals surface area contributed by atoms with Crippen molar-refractivity contribution in [3.05, 3.63) is 68.2 Å². The van der Waals surface area contributed by atoms with Gasteiger partial charge in [-0.2, -0.15) is 0 Å². The predicted octanol–water partition coefficient (Wildman–Crippen LogP) is 3.61. The van der Waals surface area contributed by atoms with Gasteiger partial charge in [-0.25, -0.2) is 0 Å². The number of anilines is 1. The quantitative estimate of drug-likeness (QED) is 0.632. The second-order valence-corrected chi connectivity index (χ2v) is 5.92. The number of hydrogen-bond acceptors (Lipinski definition) is 4. The third-order valence-electron chi connectivity index (χ3n) is 3.27. The Kier molecular flexibility index (Phi) is 5.95. The maximum Gasteiger partial charge on any atom is 0.270 e. The molecular weight excluding hydrogens is 369 g/mol. The third kappa shape index (κ3) is 4.68. The average Bonchev–Trinajstić information content (AvgIpc) is 2.56. The Hall–Kier alpha value is -2.64. The second-order valence-electron chi connectivity index (χ2n) is 5.11. The Morgan fingerprint density at radius 2 is 1.84 bits per heavy atom. The fourth-order valence-corrected chi connectivity index (χ4v) is 2.47. The summed E-state index contributed by atoms with van der Waals surface area (Å²) in [5, 5.41) is 13.6. The first-order valence-electron chi connectivity index (χ1n) is 7.03. The normalized spacial score (nSPS) is 10.2. The van der Waals surface area contributed by atoms with E-state index in [1.165, 1.54) is 19.2 Å². The molecule has 2 aromatic carbocycles. The summed E-state index contributed by atoms with van der Waals surface area (Å²) in [6.07, 6.45) is 0. The van der Waals surface area contributed by atoms with E-state index in [2.05, 4.69) is 5.32 Å². The van der Waals surface area contributed by atoms with Crippen molar-refractivity contribution >= 4 is 46.4 Å². The van der Waals surface area contributed by atoms with Gasteiger partial charge in [0.1, 0.15) is 0 Å². The highest BCUT2D eigenvalue weighted by Crippen LogP contribution is 2.24. The number of nitro groups is 1. The lowest BCUT2D eigenvalue weighted by Crippen LogP contribution is -2.35. The van der Waals surface area contributed by atoms with Crippen molar-refractivity contribution in [2.45, 2.75) is 0 Å². The summed E-state index contributed by atoms with van der Waals surface area (Å²) in [6, 6.07) is 10.2. The summed E-state index contributed by atoms with van der Waals surface area (Å²) in [5.41, 5.74) is 0.282. The van der Waals surface area contributed by atoms with E-state index in [4.69, 9.17) is 23.2 Å². The number of amides is 2. The third-order valence-corrected chi connectivity index (χ3v) is 3.91. The molecule has 25 heavy (non-hydrogen) atoms. The number of hydrogen-bond donors (Lipinski definition) is 1. The molecule has 7 nitrogen and oxygen atoms in total. The van der Waals surface area contributed by atoms with E-state index >= 15 is 0 Å². The molecule has 0 fully saturated rings. The number of para-hydroxylation sites is 1. The van der Waals surface area contributed by atoms with Gasteiger partial charge in [0, 0.05) is 19.2 Å². The Labute approximate surface area is 153 Å². The molecule has 0 spiro atoms. The molecule has 2 aromatic rings. The minimum atomic E-state index is -0.610. The van der Waals surface area contributed by atoms with Gasteiger partial charge in [0.25, 0.3) is 11.6 Å². The maximum absolute atomic E-state index is 12.4. The monoisotopic (exact) mass is 381 g/mol. The largest absolute Gasteiger partial charge is 0.332 e. The van der Waals surface area contributed by atoms with Crippen LogP contribution in [0, 0.1) is 10.1 Å². The molecule has 0 unspecified atom stereocenters. The van der Waals surface area contributed by atoms with Crippen molar-refractivity contribution < 1.29 is 14.5 Å². The van der Waals surface area contributed by atoms with Crippen LogP contribution in [0.3, 0.4) is 0 Å². The zero-order chi connectivity index (χ0) is 18.6. The van der Waals surface area contributed by atoms with Gasteiger partial charge in [0.05, 0.1) is 32.8 Å². The van der Waals surface area contributed by atoms with Gasteiger partial charge in [-0.3, -0.25) is 19.7 Å². The van der Waals surface area contributed by atoms with Crippen molar-refractivity contribution in [3.63, 3.8) is 0 Å². The van der Waals surface area contributed by atoms with E-state index in [0.29, 0.717) is 10.7 Å². The lowest BCUT2D eigenvalue weighted by Gasteiger charge is -2.17. The fraction of sp³-hybridized carbons (Fsp3) is 0.125. The molecule has 0 heterocycles. The molecule has 0 aliphatic heterocycles. The Bertz CT molecular complexity index is 842. The molecule has 0 aliphatic carbocycles. The van der Waals surface area contributed by atoms with Gasteiger partial charge in [-0.1, -0.05) is 35.3 Å². The zero-order valence-corrected chi connectivity index (χ0v) is 14.5. The van der Waals surface area contributed by atoms with Crippen molar-refractivity contribution in [1.29, 1.82) is 0 Å². The summed E-state index contributed by atoms with van der Waals surface area (Å²) < 4.78 is 0. The first kappa shape index (κ1) is 18.7. The van der Waals surface area contributed by atoms with Gasteiger partial charge < -0.3 is 10.2 Å². The van der Waals surface area contributed by atoms with E-state index in [1.54, 1.807) is 24.3 Å². The predicted molar refractivity (Wildman–Crippen MR) is 95.1 cm³/mol. The lowest BCUT2D eigenvalue weighted by atomic mass is 10.2. The molecule has 2 amide bonds. The van der Waals surface area contributed by atoms with Gasteiger partial charge in [-0.05, 0) is 18.2 Å². The first-order chi connectivity index (χ1) is 11.8. The van der Waals surface area contributed by atoms with Crippen LogP contribution in [0.25, 0.3) is 0 Å². The van der Waals surface area contributed by atoms with Crippen LogP contribution in [0.5, 0.6) is 0 Å². The highest BCUT2D eigenvalue weighted by Gasteiger charge is 2.20. The van der Waals surface area contributed by atoms with Crippen LogP contribution in [0.4, 0.5) is 11.4 Å². The number of nitrogens with one attached hydrogen (secondary N) is 1. The smallest absolute Gasteiger partial charge is 0.270 e. The summed E-state index contributed by atoms with van der Waals surface area (Å²) in [7, 11) is 1.42. The molecule has 0 aromatic heterocycles. The van der Waals surface area contributed by atoms with E-state index in [1.807, 2.05) is 0 Å². The van der Waals surface area contributed by atoms with E-state index in [0.717, 1.165) is 11.0 Å². The molecule has 0 radical (unpaired) electrons. The zero-order valence-electron chi connectivity index (χ0n) is 13.0. The van der Waals surface area contributed by atoms with E-state index in [9.17, 15) is 19.7 Å². The summed E-state index contributed by atoms with van der Waals surface area (Å²) in [5.74, 6) is -0.976. The van der Waals surface area contributed by atoms with Crippen LogP contribution in [-0.2, 0) is 4.79 Å².